The predicted molar refractivity (Wildman–Crippen MR) is 99.4 cm³/mol. The molecule has 0 spiro atoms. The van der Waals surface area contributed by atoms with Gasteiger partial charge in [0.1, 0.15) is 24.6 Å². The first-order valence-electron chi connectivity index (χ1n) is 9.33. The van der Waals surface area contributed by atoms with Gasteiger partial charge in [0, 0.05) is 19.0 Å². The minimum absolute atomic E-state index is 0.0639. The number of ether oxygens (including phenoxy) is 3. The van der Waals surface area contributed by atoms with Gasteiger partial charge in [-0.05, 0) is 12.1 Å². The van der Waals surface area contributed by atoms with Crippen molar-refractivity contribution in [1.29, 1.82) is 0 Å². The number of nitrogens with zero attached hydrogens (tertiary/aromatic N) is 1. The van der Waals surface area contributed by atoms with Gasteiger partial charge in [0.05, 0.1) is 52.1 Å². The summed E-state index contributed by atoms with van der Waals surface area (Å²) in [6.07, 6.45) is 0.214. The third-order valence-corrected chi connectivity index (χ3v) is 5.15. The van der Waals surface area contributed by atoms with Crippen molar-refractivity contribution < 1.29 is 28.7 Å². The van der Waals surface area contributed by atoms with E-state index in [1.165, 1.54) is 4.90 Å². The topological polar surface area (TPSA) is 81.5 Å². The van der Waals surface area contributed by atoms with Crippen LogP contribution in [0, 0.1) is 5.92 Å². The standard InChI is InChI=1S/C19H27N3O5/c1-25-15-3-4-16(17(12-15)26-2)22-13-14(11-18(22)23)19(24)20-5-6-21-7-9-27-10-8-21/h3-4,12,14H,5-11,13H2,1-2H3,(H,20,24)/p+1/t14-/m1/s1. The highest BCUT2D eigenvalue weighted by Gasteiger charge is 2.36. The molecular formula is C19H28N3O5+. The van der Waals surface area contributed by atoms with Gasteiger partial charge in [0.25, 0.3) is 0 Å². The molecule has 1 atom stereocenters. The summed E-state index contributed by atoms with van der Waals surface area (Å²) in [5.74, 6) is 0.731. The fourth-order valence-electron chi connectivity index (χ4n) is 3.54. The Balaban J connectivity index is 1.55. The molecule has 3 rings (SSSR count). The average Bonchev–Trinajstić information content (AvgIpc) is 3.09. The zero-order valence-electron chi connectivity index (χ0n) is 16.0. The Bertz CT molecular complexity index is 675. The van der Waals surface area contributed by atoms with E-state index in [0.717, 1.165) is 32.8 Å². The molecule has 0 saturated carbocycles. The molecule has 0 radical (unpaired) electrons. The van der Waals surface area contributed by atoms with Crippen molar-refractivity contribution in [3.8, 4) is 11.5 Å². The first-order chi connectivity index (χ1) is 13.1. The normalized spacial score (nSPS) is 20.6. The van der Waals surface area contributed by atoms with E-state index in [1.54, 1.807) is 37.3 Å². The molecule has 0 unspecified atom stereocenters. The zero-order valence-corrected chi connectivity index (χ0v) is 16.0. The maximum atomic E-state index is 12.5. The van der Waals surface area contributed by atoms with Gasteiger partial charge >= 0.3 is 0 Å². The Morgan fingerprint density at radius 3 is 2.78 bits per heavy atom. The van der Waals surface area contributed by atoms with E-state index in [0.29, 0.717) is 30.3 Å². The molecule has 2 saturated heterocycles. The number of rotatable bonds is 7. The minimum Gasteiger partial charge on any atom is -0.497 e. The van der Waals surface area contributed by atoms with Gasteiger partial charge in [0.15, 0.2) is 0 Å². The quantitative estimate of drug-likeness (QED) is 0.642. The van der Waals surface area contributed by atoms with Crippen molar-refractivity contribution in [3.05, 3.63) is 18.2 Å². The summed E-state index contributed by atoms with van der Waals surface area (Å²) in [4.78, 5) is 28.0. The highest BCUT2D eigenvalue weighted by atomic mass is 16.5. The minimum atomic E-state index is -0.344. The molecule has 2 heterocycles. The lowest BCUT2D eigenvalue weighted by Crippen LogP contribution is -3.14. The van der Waals surface area contributed by atoms with Crippen LogP contribution in [0.4, 0.5) is 5.69 Å². The Hall–Kier alpha value is -2.32. The molecule has 8 heteroatoms. The average molecular weight is 378 g/mol. The van der Waals surface area contributed by atoms with E-state index < -0.39 is 0 Å². The molecule has 0 aromatic heterocycles. The number of benzene rings is 1. The summed E-state index contributed by atoms with van der Waals surface area (Å²) in [6.45, 7) is 5.36. The molecule has 2 aliphatic rings. The first-order valence-corrected chi connectivity index (χ1v) is 9.33. The van der Waals surface area contributed by atoms with Crippen molar-refractivity contribution >= 4 is 17.5 Å². The van der Waals surface area contributed by atoms with E-state index in [1.807, 2.05) is 0 Å². The van der Waals surface area contributed by atoms with Crippen LogP contribution in [-0.2, 0) is 14.3 Å². The number of nitrogens with one attached hydrogen (secondary N) is 2. The summed E-state index contributed by atoms with van der Waals surface area (Å²) in [7, 11) is 3.13. The highest BCUT2D eigenvalue weighted by molar-refractivity contribution is 6.01. The van der Waals surface area contributed by atoms with Gasteiger partial charge in [-0.2, -0.15) is 0 Å². The third-order valence-electron chi connectivity index (χ3n) is 5.15. The van der Waals surface area contributed by atoms with Crippen LogP contribution in [-0.4, -0.2) is 72.0 Å². The van der Waals surface area contributed by atoms with Crippen LogP contribution in [0.15, 0.2) is 18.2 Å². The number of amides is 2. The van der Waals surface area contributed by atoms with Gasteiger partial charge in [-0.3, -0.25) is 9.59 Å². The van der Waals surface area contributed by atoms with Crippen LogP contribution < -0.4 is 24.6 Å². The van der Waals surface area contributed by atoms with Crippen LogP contribution in [0.1, 0.15) is 6.42 Å². The van der Waals surface area contributed by atoms with E-state index in [-0.39, 0.29) is 24.2 Å². The number of hydrogen-bond donors (Lipinski definition) is 2. The fraction of sp³-hybridized carbons (Fsp3) is 0.579. The highest BCUT2D eigenvalue weighted by Crippen LogP contribution is 2.35. The lowest BCUT2D eigenvalue weighted by atomic mass is 10.1. The number of quaternary nitrogens is 1. The summed E-state index contributed by atoms with van der Waals surface area (Å²) in [5.41, 5.74) is 0.663. The van der Waals surface area contributed by atoms with Gasteiger partial charge in [0.2, 0.25) is 11.8 Å². The monoisotopic (exact) mass is 378 g/mol. The summed E-state index contributed by atoms with van der Waals surface area (Å²) >= 11 is 0. The third kappa shape index (κ3) is 4.70. The molecule has 2 fully saturated rings. The van der Waals surface area contributed by atoms with Crippen molar-refractivity contribution in [1.82, 2.24) is 5.32 Å². The van der Waals surface area contributed by atoms with Crippen molar-refractivity contribution in [2.75, 3.05) is 65.1 Å². The lowest BCUT2D eigenvalue weighted by Gasteiger charge is -2.24. The lowest BCUT2D eigenvalue weighted by molar-refractivity contribution is -0.906. The number of hydrogen-bond acceptors (Lipinski definition) is 5. The smallest absolute Gasteiger partial charge is 0.227 e. The Morgan fingerprint density at radius 1 is 1.30 bits per heavy atom. The summed E-state index contributed by atoms with van der Waals surface area (Å²) in [6, 6.07) is 5.31. The fourth-order valence-corrected chi connectivity index (χ4v) is 3.54. The molecule has 0 aliphatic carbocycles. The van der Waals surface area contributed by atoms with Gasteiger partial charge in [-0.25, -0.2) is 0 Å². The number of anilines is 1. The Morgan fingerprint density at radius 2 is 2.07 bits per heavy atom. The molecule has 2 amide bonds. The van der Waals surface area contributed by atoms with Crippen LogP contribution in [0.3, 0.4) is 0 Å². The predicted octanol–water partition coefficient (Wildman–Crippen LogP) is -0.912. The van der Waals surface area contributed by atoms with Crippen LogP contribution in [0.25, 0.3) is 0 Å². The molecule has 1 aromatic carbocycles. The van der Waals surface area contributed by atoms with E-state index >= 15 is 0 Å². The Labute approximate surface area is 159 Å². The number of carbonyl (C=O) groups is 2. The second kappa shape index (κ2) is 9.05. The van der Waals surface area contributed by atoms with Crippen LogP contribution in [0.2, 0.25) is 0 Å². The first kappa shape index (κ1) is 19.4. The van der Waals surface area contributed by atoms with Crippen LogP contribution in [0.5, 0.6) is 11.5 Å². The SMILES string of the molecule is COc1ccc(N2C[C@H](C(=O)NCC[NH+]3CCOCC3)CC2=O)c(OC)c1. The van der Waals surface area contributed by atoms with Gasteiger partial charge in [-0.1, -0.05) is 0 Å². The summed E-state index contributed by atoms with van der Waals surface area (Å²) < 4.78 is 15.9. The van der Waals surface area contributed by atoms with E-state index in [2.05, 4.69) is 5.32 Å². The second-order valence-corrected chi connectivity index (χ2v) is 6.85. The molecule has 1 aromatic rings. The molecular weight excluding hydrogens is 350 g/mol. The molecule has 2 aliphatic heterocycles. The number of morpholine rings is 1. The maximum Gasteiger partial charge on any atom is 0.227 e. The van der Waals surface area contributed by atoms with E-state index in [4.69, 9.17) is 14.2 Å². The zero-order chi connectivity index (χ0) is 19.2. The van der Waals surface area contributed by atoms with Crippen molar-refractivity contribution in [2.45, 2.75) is 6.42 Å². The molecule has 148 valence electrons. The number of carbonyl (C=O) groups excluding carboxylic acids is 2. The van der Waals surface area contributed by atoms with Gasteiger partial charge in [-0.15, -0.1) is 0 Å². The van der Waals surface area contributed by atoms with Gasteiger partial charge < -0.3 is 29.3 Å². The molecule has 0 bridgehead atoms. The molecule has 2 N–H and O–H groups in total. The van der Waals surface area contributed by atoms with Crippen molar-refractivity contribution in [3.63, 3.8) is 0 Å². The largest absolute Gasteiger partial charge is 0.497 e. The van der Waals surface area contributed by atoms with Crippen molar-refractivity contribution in [2.24, 2.45) is 5.92 Å². The number of methoxy groups -OCH3 is 2. The maximum absolute atomic E-state index is 12.5. The van der Waals surface area contributed by atoms with E-state index in [9.17, 15) is 9.59 Å². The Kier molecular flexibility index (Phi) is 6.52. The van der Waals surface area contributed by atoms with Crippen LogP contribution >= 0.6 is 0 Å². The molecule has 8 nitrogen and oxygen atoms in total. The second-order valence-electron chi connectivity index (χ2n) is 6.85. The molecule has 27 heavy (non-hydrogen) atoms. The summed E-state index contributed by atoms with van der Waals surface area (Å²) in [5, 5.41) is 2.98.